The number of rotatable bonds is 9. The highest BCUT2D eigenvalue weighted by atomic mass is 16.5. The van der Waals surface area contributed by atoms with Crippen LogP contribution in [0, 0.1) is 5.92 Å². The Hall–Kier alpha value is -2.74. The Morgan fingerprint density at radius 2 is 2.17 bits per heavy atom. The molecule has 0 saturated heterocycles. The van der Waals surface area contributed by atoms with Gasteiger partial charge in [0.25, 0.3) is 5.91 Å². The van der Waals surface area contributed by atoms with E-state index in [2.05, 4.69) is 25.6 Å². The molecule has 0 spiro atoms. The number of hydrogen-bond donors (Lipinski definition) is 3. The summed E-state index contributed by atoms with van der Waals surface area (Å²) in [4.78, 5) is 36.1. The third-order valence-electron chi connectivity index (χ3n) is 5.19. The van der Waals surface area contributed by atoms with Gasteiger partial charge in [0.2, 0.25) is 5.91 Å². The lowest BCUT2D eigenvalue weighted by Crippen LogP contribution is -2.50. The average Bonchev–Trinajstić information content (AvgIpc) is 3.27. The molecule has 3 N–H and O–H groups in total. The number of ether oxygens (including phenoxy) is 1. The predicted octanol–water partition coefficient (Wildman–Crippen LogP) is 1.86. The van der Waals surface area contributed by atoms with Gasteiger partial charge in [-0.15, -0.1) is 0 Å². The van der Waals surface area contributed by atoms with Gasteiger partial charge in [0.1, 0.15) is 0 Å². The Morgan fingerprint density at radius 1 is 1.28 bits per heavy atom. The van der Waals surface area contributed by atoms with Crippen molar-refractivity contribution in [3.8, 4) is 0 Å². The second kappa shape index (κ2) is 10.7. The van der Waals surface area contributed by atoms with E-state index in [1.54, 1.807) is 37.1 Å². The van der Waals surface area contributed by atoms with E-state index in [1.807, 2.05) is 6.92 Å². The van der Waals surface area contributed by atoms with Crippen molar-refractivity contribution >= 4 is 11.8 Å². The number of carbonyl (C=O) groups is 2. The summed E-state index contributed by atoms with van der Waals surface area (Å²) in [6.07, 6.45) is 10.1. The predicted molar refractivity (Wildman–Crippen MR) is 108 cm³/mol. The third-order valence-corrected chi connectivity index (χ3v) is 5.19. The minimum absolute atomic E-state index is 0.0478. The smallest absolute Gasteiger partial charge is 0.253 e. The maximum Gasteiger partial charge on any atom is 0.253 e. The van der Waals surface area contributed by atoms with Crippen molar-refractivity contribution in [1.29, 1.82) is 0 Å². The summed E-state index contributed by atoms with van der Waals surface area (Å²) >= 11 is 0. The first kappa shape index (κ1) is 21.0. The summed E-state index contributed by atoms with van der Waals surface area (Å²) in [5.41, 5.74) is 1.52. The third kappa shape index (κ3) is 6.12. The van der Waals surface area contributed by atoms with Crippen LogP contribution in [0.2, 0.25) is 0 Å². The van der Waals surface area contributed by atoms with Gasteiger partial charge in [-0.2, -0.15) is 0 Å². The number of aromatic amines is 1. The van der Waals surface area contributed by atoms with Gasteiger partial charge in [0.15, 0.2) is 0 Å². The van der Waals surface area contributed by atoms with Crippen LogP contribution in [0.15, 0.2) is 37.1 Å². The molecule has 2 amide bonds. The first-order valence-electron chi connectivity index (χ1n) is 10.2. The minimum atomic E-state index is -0.173. The zero-order valence-electron chi connectivity index (χ0n) is 16.8. The molecular formula is C21H29N5O3. The quantitative estimate of drug-likeness (QED) is 0.596. The molecule has 3 rings (SSSR count). The van der Waals surface area contributed by atoms with Gasteiger partial charge in [-0.1, -0.05) is 6.92 Å². The van der Waals surface area contributed by atoms with Crippen LogP contribution in [0.5, 0.6) is 0 Å². The van der Waals surface area contributed by atoms with Gasteiger partial charge in [0, 0.05) is 49.8 Å². The van der Waals surface area contributed by atoms with E-state index >= 15 is 0 Å². The van der Waals surface area contributed by atoms with Crippen LogP contribution in [-0.4, -0.2) is 52.1 Å². The van der Waals surface area contributed by atoms with Crippen molar-refractivity contribution in [3.05, 3.63) is 48.3 Å². The molecule has 1 saturated carbocycles. The molecule has 0 bridgehead atoms. The normalized spacial score (nSPS) is 21.5. The maximum absolute atomic E-state index is 12.6. The molecule has 2 aromatic rings. The first-order valence-corrected chi connectivity index (χ1v) is 10.2. The number of nitrogens with zero attached hydrogens (tertiary/aromatic N) is 2. The molecule has 8 nitrogen and oxygen atoms in total. The zero-order valence-corrected chi connectivity index (χ0v) is 16.8. The van der Waals surface area contributed by atoms with Crippen LogP contribution in [0.1, 0.15) is 48.7 Å². The highest BCUT2D eigenvalue weighted by Gasteiger charge is 2.35. The van der Waals surface area contributed by atoms with Crippen molar-refractivity contribution in [2.24, 2.45) is 5.92 Å². The van der Waals surface area contributed by atoms with E-state index in [0.717, 1.165) is 25.0 Å². The maximum atomic E-state index is 12.6. The van der Waals surface area contributed by atoms with Crippen LogP contribution in [0.4, 0.5) is 0 Å². The topological polar surface area (TPSA) is 109 Å². The molecular weight excluding hydrogens is 370 g/mol. The molecule has 1 aliphatic rings. The highest BCUT2D eigenvalue weighted by molar-refractivity contribution is 5.94. The van der Waals surface area contributed by atoms with Crippen molar-refractivity contribution < 1.29 is 14.3 Å². The molecule has 1 fully saturated rings. The molecule has 8 heteroatoms. The molecule has 0 radical (unpaired) electrons. The molecule has 1 aliphatic carbocycles. The monoisotopic (exact) mass is 399 g/mol. The van der Waals surface area contributed by atoms with Crippen LogP contribution >= 0.6 is 0 Å². The lowest BCUT2D eigenvalue weighted by Gasteiger charge is -2.36. The lowest BCUT2D eigenvalue weighted by molar-refractivity contribution is -0.128. The molecule has 156 valence electrons. The van der Waals surface area contributed by atoms with Gasteiger partial charge < -0.3 is 20.4 Å². The van der Waals surface area contributed by atoms with Gasteiger partial charge in [-0.3, -0.25) is 14.6 Å². The van der Waals surface area contributed by atoms with Gasteiger partial charge >= 0.3 is 0 Å². The highest BCUT2D eigenvalue weighted by Crippen LogP contribution is 2.27. The number of H-pyrrole nitrogens is 1. The van der Waals surface area contributed by atoms with Crippen LogP contribution in [0.3, 0.4) is 0 Å². The number of carbonyl (C=O) groups excluding carboxylic acids is 2. The zero-order chi connectivity index (χ0) is 20.5. The summed E-state index contributed by atoms with van der Waals surface area (Å²) in [5, 5.41) is 6.08. The van der Waals surface area contributed by atoms with Crippen molar-refractivity contribution in [2.45, 2.75) is 51.2 Å². The van der Waals surface area contributed by atoms with E-state index in [-0.39, 0.29) is 29.9 Å². The SMILES string of the molecule is CCCO[C@H]1C[C@@H](C(=O)NCCc2cnc[nH]2)CC[C@@H]1NC(=O)c1cccnc1. The summed E-state index contributed by atoms with van der Waals surface area (Å²) in [7, 11) is 0. The fourth-order valence-corrected chi connectivity index (χ4v) is 3.62. The van der Waals surface area contributed by atoms with E-state index in [1.165, 1.54) is 0 Å². The summed E-state index contributed by atoms with van der Waals surface area (Å²) in [6, 6.07) is 3.37. The molecule has 0 aliphatic heterocycles. The van der Waals surface area contributed by atoms with Crippen molar-refractivity contribution in [2.75, 3.05) is 13.2 Å². The first-order chi connectivity index (χ1) is 14.2. The summed E-state index contributed by atoms with van der Waals surface area (Å²) in [6.45, 7) is 3.23. The molecule has 0 aromatic carbocycles. The fourth-order valence-electron chi connectivity index (χ4n) is 3.62. The number of nitrogens with one attached hydrogen (secondary N) is 3. The molecule has 2 aromatic heterocycles. The van der Waals surface area contributed by atoms with E-state index in [9.17, 15) is 9.59 Å². The average molecular weight is 399 g/mol. The molecule has 3 atom stereocenters. The van der Waals surface area contributed by atoms with Gasteiger partial charge in [0.05, 0.1) is 24.0 Å². The molecule has 2 heterocycles. The van der Waals surface area contributed by atoms with E-state index in [0.29, 0.717) is 31.6 Å². The lowest BCUT2D eigenvalue weighted by atomic mass is 9.83. The second-order valence-electron chi connectivity index (χ2n) is 7.36. The standard InChI is InChI=1S/C21H29N5O3/c1-2-10-29-19-11-15(20(27)24-9-7-17-13-23-14-25-17)5-6-18(19)26-21(28)16-4-3-8-22-12-16/h3-4,8,12-15,18-19H,2,5-7,9-11H2,1H3,(H,23,25)(H,24,27)(H,26,28)/t15-,18-,19-/m0/s1. The van der Waals surface area contributed by atoms with Crippen LogP contribution < -0.4 is 10.6 Å². The molecule has 29 heavy (non-hydrogen) atoms. The van der Waals surface area contributed by atoms with Crippen molar-refractivity contribution in [3.63, 3.8) is 0 Å². The second-order valence-corrected chi connectivity index (χ2v) is 7.36. The van der Waals surface area contributed by atoms with Crippen molar-refractivity contribution in [1.82, 2.24) is 25.6 Å². The number of pyridine rings is 1. The minimum Gasteiger partial charge on any atom is -0.376 e. The van der Waals surface area contributed by atoms with Crippen LogP contribution in [-0.2, 0) is 16.0 Å². The Balaban J connectivity index is 1.53. The number of amides is 2. The van der Waals surface area contributed by atoms with E-state index < -0.39 is 0 Å². The molecule has 0 unspecified atom stereocenters. The van der Waals surface area contributed by atoms with Gasteiger partial charge in [-0.05, 0) is 37.8 Å². The number of aromatic nitrogens is 3. The van der Waals surface area contributed by atoms with E-state index in [4.69, 9.17) is 4.74 Å². The Bertz CT molecular complexity index is 766. The summed E-state index contributed by atoms with van der Waals surface area (Å²) in [5.74, 6) is -0.215. The summed E-state index contributed by atoms with van der Waals surface area (Å²) < 4.78 is 6.00. The number of imidazole rings is 1. The fraction of sp³-hybridized carbons (Fsp3) is 0.524. The van der Waals surface area contributed by atoms with Crippen LogP contribution in [0.25, 0.3) is 0 Å². The Kier molecular flexibility index (Phi) is 7.75. The Morgan fingerprint density at radius 3 is 2.90 bits per heavy atom. The Labute approximate surface area is 170 Å². The largest absolute Gasteiger partial charge is 0.376 e. The number of hydrogen-bond acceptors (Lipinski definition) is 5. The van der Waals surface area contributed by atoms with Gasteiger partial charge in [-0.25, -0.2) is 4.98 Å².